The molecule has 0 bridgehead atoms. The molecule has 23 heavy (non-hydrogen) atoms. The molecule has 2 aromatic rings. The molecule has 1 atom stereocenters. The van der Waals surface area contributed by atoms with Crippen LogP contribution in [0, 0.1) is 6.92 Å². The highest BCUT2D eigenvalue weighted by Crippen LogP contribution is 2.23. The van der Waals surface area contributed by atoms with Crippen molar-refractivity contribution in [2.45, 2.75) is 25.8 Å². The third kappa shape index (κ3) is 3.54. The summed E-state index contributed by atoms with van der Waals surface area (Å²) in [6, 6.07) is 16.0. The quantitative estimate of drug-likeness (QED) is 0.909. The molecule has 2 amide bonds. The van der Waals surface area contributed by atoms with Crippen molar-refractivity contribution in [2.75, 3.05) is 18.5 Å². The van der Waals surface area contributed by atoms with Crippen molar-refractivity contribution in [2.24, 2.45) is 0 Å². The molecule has 2 N–H and O–H groups in total. The van der Waals surface area contributed by atoms with Crippen molar-refractivity contribution < 1.29 is 9.90 Å². The number of carbonyl (C=O) groups excluding carboxylic acids is 1. The summed E-state index contributed by atoms with van der Waals surface area (Å²) < 4.78 is 0. The highest BCUT2D eigenvalue weighted by atomic mass is 16.3. The molecule has 4 heteroatoms. The summed E-state index contributed by atoms with van der Waals surface area (Å²) in [5.41, 5.74) is 4.29. The monoisotopic (exact) mass is 310 g/mol. The lowest BCUT2D eigenvalue weighted by molar-refractivity contribution is 0.166. The van der Waals surface area contributed by atoms with Crippen LogP contribution in [0.25, 0.3) is 11.1 Å². The molecule has 4 nitrogen and oxygen atoms in total. The van der Waals surface area contributed by atoms with Crippen molar-refractivity contribution in [3.05, 3.63) is 54.1 Å². The normalized spacial score (nSPS) is 17.3. The number of rotatable bonds is 3. The second kappa shape index (κ2) is 6.84. The Morgan fingerprint density at radius 2 is 2.00 bits per heavy atom. The maximum atomic E-state index is 12.3. The maximum Gasteiger partial charge on any atom is 0.322 e. The van der Waals surface area contributed by atoms with Gasteiger partial charge in [0.1, 0.15) is 0 Å². The molecule has 1 unspecified atom stereocenters. The first-order valence-corrected chi connectivity index (χ1v) is 8.03. The fraction of sp³-hybridized carbons (Fsp3) is 0.316. The van der Waals surface area contributed by atoms with Crippen LogP contribution in [0.15, 0.2) is 48.5 Å². The van der Waals surface area contributed by atoms with Crippen LogP contribution in [0.1, 0.15) is 18.4 Å². The Morgan fingerprint density at radius 3 is 2.70 bits per heavy atom. The zero-order chi connectivity index (χ0) is 16.2. The van der Waals surface area contributed by atoms with Crippen molar-refractivity contribution in [3.63, 3.8) is 0 Å². The number of benzene rings is 2. The lowest BCUT2D eigenvalue weighted by Gasteiger charge is -2.23. The van der Waals surface area contributed by atoms with Gasteiger partial charge in [0, 0.05) is 12.2 Å². The zero-order valence-corrected chi connectivity index (χ0v) is 13.3. The number of carbonyl (C=O) groups is 1. The van der Waals surface area contributed by atoms with Crippen LogP contribution in [0.2, 0.25) is 0 Å². The first kappa shape index (κ1) is 15.6. The molecule has 0 radical (unpaired) electrons. The Hall–Kier alpha value is -2.33. The van der Waals surface area contributed by atoms with Crippen LogP contribution in [0.3, 0.4) is 0 Å². The summed E-state index contributed by atoms with van der Waals surface area (Å²) in [4.78, 5) is 14.0. The average molecular weight is 310 g/mol. The Morgan fingerprint density at radius 1 is 1.22 bits per heavy atom. The summed E-state index contributed by atoms with van der Waals surface area (Å²) in [6.45, 7) is 2.81. The van der Waals surface area contributed by atoms with Crippen LogP contribution >= 0.6 is 0 Å². The number of amides is 2. The van der Waals surface area contributed by atoms with Gasteiger partial charge in [-0.1, -0.05) is 42.0 Å². The Bertz CT molecular complexity index is 682. The van der Waals surface area contributed by atoms with E-state index in [0.717, 1.165) is 24.1 Å². The molecule has 1 fully saturated rings. The van der Waals surface area contributed by atoms with Gasteiger partial charge in [-0.15, -0.1) is 0 Å². The molecule has 0 saturated carbocycles. The minimum absolute atomic E-state index is 0.0275. The van der Waals surface area contributed by atoms with Gasteiger partial charge < -0.3 is 15.3 Å². The molecule has 1 aliphatic heterocycles. The van der Waals surface area contributed by atoms with Crippen molar-refractivity contribution >= 4 is 11.7 Å². The smallest absolute Gasteiger partial charge is 0.322 e. The predicted octanol–water partition coefficient (Wildman–Crippen LogP) is 3.65. The number of likely N-dealkylation sites (tertiary alicyclic amines) is 1. The number of nitrogens with zero attached hydrogens (tertiary/aromatic N) is 1. The van der Waals surface area contributed by atoms with E-state index >= 15 is 0 Å². The van der Waals surface area contributed by atoms with E-state index in [2.05, 4.69) is 30.4 Å². The average Bonchev–Trinajstić information content (AvgIpc) is 3.04. The summed E-state index contributed by atoms with van der Waals surface area (Å²) in [5, 5.41) is 12.2. The molecule has 1 saturated heterocycles. The molecule has 1 aliphatic rings. The molecule has 0 spiro atoms. The third-order valence-electron chi connectivity index (χ3n) is 4.34. The highest BCUT2D eigenvalue weighted by molar-refractivity contribution is 5.90. The molecular weight excluding hydrogens is 288 g/mol. The number of urea groups is 1. The number of nitrogens with one attached hydrogen (secondary N) is 1. The SMILES string of the molecule is Cc1cccc(-c2ccc(NC(=O)N3CCCC3CO)cc2)c1. The number of anilines is 1. The third-order valence-corrected chi connectivity index (χ3v) is 4.34. The number of aliphatic hydroxyl groups excluding tert-OH is 1. The van der Waals surface area contributed by atoms with Gasteiger partial charge in [-0.2, -0.15) is 0 Å². The highest BCUT2D eigenvalue weighted by Gasteiger charge is 2.27. The molecule has 3 rings (SSSR count). The van der Waals surface area contributed by atoms with E-state index in [9.17, 15) is 9.90 Å². The fourth-order valence-corrected chi connectivity index (χ4v) is 3.06. The van der Waals surface area contributed by atoms with Gasteiger partial charge in [0.05, 0.1) is 12.6 Å². The van der Waals surface area contributed by atoms with Crippen molar-refractivity contribution in [3.8, 4) is 11.1 Å². The summed E-state index contributed by atoms with van der Waals surface area (Å²) in [5.74, 6) is 0. The van der Waals surface area contributed by atoms with Gasteiger partial charge in [0.25, 0.3) is 0 Å². The van der Waals surface area contributed by atoms with Gasteiger partial charge >= 0.3 is 6.03 Å². The van der Waals surface area contributed by atoms with Crippen molar-refractivity contribution in [1.82, 2.24) is 4.90 Å². The van der Waals surface area contributed by atoms with Crippen LogP contribution in [0.5, 0.6) is 0 Å². The first-order valence-electron chi connectivity index (χ1n) is 8.03. The number of aliphatic hydroxyl groups is 1. The minimum atomic E-state index is -0.134. The van der Waals surface area contributed by atoms with Crippen LogP contribution in [0.4, 0.5) is 10.5 Å². The lowest BCUT2D eigenvalue weighted by Crippen LogP contribution is -2.40. The summed E-state index contributed by atoms with van der Waals surface area (Å²) in [6.07, 6.45) is 1.82. The second-order valence-electron chi connectivity index (χ2n) is 6.05. The molecule has 0 aromatic heterocycles. The predicted molar refractivity (Wildman–Crippen MR) is 92.4 cm³/mol. The fourth-order valence-electron chi connectivity index (χ4n) is 3.06. The lowest BCUT2D eigenvalue weighted by atomic mass is 10.0. The van der Waals surface area contributed by atoms with E-state index in [1.165, 1.54) is 11.1 Å². The first-order chi connectivity index (χ1) is 11.2. The van der Waals surface area contributed by atoms with E-state index in [0.29, 0.717) is 6.54 Å². The van der Waals surface area contributed by atoms with Crippen molar-refractivity contribution in [1.29, 1.82) is 0 Å². The van der Waals surface area contributed by atoms with E-state index in [4.69, 9.17) is 0 Å². The van der Waals surface area contributed by atoms with E-state index in [1.54, 1.807) is 4.90 Å². The molecule has 1 heterocycles. The van der Waals surface area contributed by atoms with E-state index in [-0.39, 0.29) is 18.7 Å². The van der Waals surface area contributed by atoms with E-state index in [1.807, 2.05) is 30.3 Å². The Labute approximate surface area is 136 Å². The minimum Gasteiger partial charge on any atom is -0.394 e. The van der Waals surface area contributed by atoms with Gasteiger partial charge in [-0.25, -0.2) is 4.79 Å². The van der Waals surface area contributed by atoms with Crippen LogP contribution in [-0.4, -0.2) is 35.2 Å². The van der Waals surface area contributed by atoms with Gasteiger partial charge in [0.15, 0.2) is 0 Å². The molecular formula is C19H22N2O2. The van der Waals surface area contributed by atoms with Crippen LogP contribution in [-0.2, 0) is 0 Å². The standard InChI is InChI=1S/C19H22N2O2/c1-14-4-2-5-16(12-14)15-7-9-17(10-8-15)20-19(23)21-11-3-6-18(21)13-22/h2,4-5,7-10,12,18,22H,3,6,11,13H2,1H3,(H,20,23). The largest absolute Gasteiger partial charge is 0.394 e. The number of aryl methyl sites for hydroxylation is 1. The van der Waals surface area contributed by atoms with E-state index < -0.39 is 0 Å². The van der Waals surface area contributed by atoms with Crippen LogP contribution < -0.4 is 5.32 Å². The van der Waals surface area contributed by atoms with Gasteiger partial charge in [-0.3, -0.25) is 0 Å². The zero-order valence-electron chi connectivity index (χ0n) is 13.3. The maximum absolute atomic E-state index is 12.3. The summed E-state index contributed by atoms with van der Waals surface area (Å²) in [7, 11) is 0. The van der Waals surface area contributed by atoms with Gasteiger partial charge in [-0.05, 0) is 43.0 Å². The van der Waals surface area contributed by atoms with Gasteiger partial charge in [0.2, 0.25) is 0 Å². The molecule has 0 aliphatic carbocycles. The topological polar surface area (TPSA) is 52.6 Å². The number of hydrogen-bond donors (Lipinski definition) is 2. The Kier molecular flexibility index (Phi) is 4.63. The summed E-state index contributed by atoms with van der Waals surface area (Å²) >= 11 is 0. The molecule has 120 valence electrons. The molecule has 2 aromatic carbocycles. The number of hydrogen-bond acceptors (Lipinski definition) is 2. The second-order valence-corrected chi connectivity index (χ2v) is 6.05. The Balaban J connectivity index is 1.69.